The Bertz CT molecular complexity index is 515. The van der Waals surface area contributed by atoms with Gasteiger partial charge in [-0.3, -0.25) is 4.79 Å². The number of amides is 1. The van der Waals surface area contributed by atoms with Gasteiger partial charge in [0.1, 0.15) is 17.6 Å². The van der Waals surface area contributed by atoms with E-state index in [1.54, 1.807) is 0 Å². The minimum atomic E-state index is -1.10. The molecule has 0 radical (unpaired) electrons. The molecule has 0 unspecified atom stereocenters. The molecule has 116 valence electrons. The lowest BCUT2D eigenvalue weighted by Crippen LogP contribution is -2.43. The Kier molecular flexibility index (Phi) is 7.31. The van der Waals surface area contributed by atoms with Crippen molar-refractivity contribution in [2.24, 2.45) is 0 Å². The zero-order valence-electron chi connectivity index (χ0n) is 11.3. The van der Waals surface area contributed by atoms with Gasteiger partial charge in [-0.1, -0.05) is 11.6 Å². The lowest BCUT2D eigenvalue weighted by Gasteiger charge is -2.14. The monoisotopic (exact) mass is 335 g/mol. The van der Waals surface area contributed by atoms with Gasteiger partial charge in [-0.25, -0.2) is 9.18 Å². The molecule has 0 aliphatic heterocycles. The van der Waals surface area contributed by atoms with Crippen molar-refractivity contribution in [2.75, 3.05) is 18.6 Å². The van der Waals surface area contributed by atoms with Crippen LogP contribution in [0.5, 0.6) is 5.75 Å². The van der Waals surface area contributed by atoms with Gasteiger partial charge >= 0.3 is 5.97 Å². The molecule has 0 fully saturated rings. The molecule has 0 aliphatic rings. The third kappa shape index (κ3) is 6.22. The molecule has 0 saturated carbocycles. The molecule has 0 heterocycles. The third-order valence-electron chi connectivity index (χ3n) is 2.50. The Morgan fingerprint density at radius 2 is 2.24 bits per heavy atom. The largest absolute Gasteiger partial charge is 0.482 e. The van der Waals surface area contributed by atoms with E-state index >= 15 is 0 Å². The van der Waals surface area contributed by atoms with E-state index in [1.165, 1.54) is 17.8 Å². The van der Waals surface area contributed by atoms with Crippen molar-refractivity contribution in [3.63, 3.8) is 0 Å². The molecule has 0 aliphatic carbocycles. The molecular weight excluding hydrogens is 321 g/mol. The molecule has 1 amide bonds. The first-order chi connectivity index (χ1) is 9.93. The molecule has 21 heavy (non-hydrogen) atoms. The van der Waals surface area contributed by atoms with Crippen molar-refractivity contribution in [1.29, 1.82) is 0 Å². The Labute approximate surface area is 130 Å². The summed E-state index contributed by atoms with van der Waals surface area (Å²) < 4.78 is 18.0. The van der Waals surface area contributed by atoms with Gasteiger partial charge in [0.15, 0.2) is 6.61 Å². The molecule has 8 heteroatoms. The summed E-state index contributed by atoms with van der Waals surface area (Å²) in [6.07, 6.45) is 2.17. The molecule has 2 N–H and O–H groups in total. The molecule has 5 nitrogen and oxygen atoms in total. The Morgan fingerprint density at radius 3 is 2.81 bits per heavy atom. The minimum Gasteiger partial charge on any atom is -0.482 e. The number of hydrogen-bond donors (Lipinski definition) is 2. The maximum atomic E-state index is 12.8. The average molecular weight is 336 g/mol. The number of halogens is 2. The maximum Gasteiger partial charge on any atom is 0.326 e. The van der Waals surface area contributed by atoms with Gasteiger partial charge < -0.3 is 15.2 Å². The zero-order chi connectivity index (χ0) is 15.8. The SMILES string of the molecule is CSCC[C@H](NC(=O)COc1ccc(F)cc1Cl)C(=O)O. The van der Waals surface area contributed by atoms with E-state index in [0.29, 0.717) is 12.2 Å². The summed E-state index contributed by atoms with van der Waals surface area (Å²) in [5.74, 6) is -1.42. The van der Waals surface area contributed by atoms with Gasteiger partial charge in [0, 0.05) is 0 Å². The summed E-state index contributed by atoms with van der Waals surface area (Å²) in [6.45, 7) is -0.394. The van der Waals surface area contributed by atoms with Crippen LogP contribution in [0.15, 0.2) is 18.2 Å². The molecule has 0 saturated heterocycles. The van der Waals surface area contributed by atoms with Gasteiger partial charge in [-0.05, 0) is 36.6 Å². The Balaban J connectivity index is 2.50. The van der Waals surface area contributed by atoms with Crippen LogP contribution in [0, 0.1) is 5.82 Å². The van der Waals surface area contributed by atoms with Crippen molar-refractivity contribution < 1.29 is 23.8 Å². The summed E-state index contributed by atoms with van der Waals surface area (Å²) in [5, 5.41) is 11.4. The quantitative estimate of drug-likeness (QED) is 0.761. The number of thioether (sulfide) groups is 1. The first kappa shape index (κ1) is 17.6. The second-order valence-corrected chi connectivity index (χ2v) is 5.50. The van der Waals surface area contributed by atoms with Crippen molar-refractivity contribution in [2.45, 2.75) is 12.5 Å². The van der Waals surface area contributed by atoms with Crippen LogP contribution in [0.2, 0.25) is 5.02 Å². The van der Waals surface area contributed by atoms with Crippen LogP contribution in [0.3, 0.4) is 0 Å². The third-order valence-corrected chi connectivity index (χ3v) is 3.44. The number of benzene rings is 1. The second kappa shape index (κ2) is 8.74. The van der Waals surface area contributed by atoms with Gasteiger partial charge in [-0.15, -0.1) is 0 Å². The molecule has 0 bridgehead atoms. The fraction of sp³-hybridized carbons (Fsp3) is 0.385. The molecule has 0 aromatic heterocycles. The highest BCUT2D eigenvalue weighted by Crippen LogP contribution is 2.24. The van der Waals surface area contributed by atoms with E-state index in [-0.39, 0.29) is 10.8 Å². The van der Waals surface area contributed by atoms with Crippen molar-refractivity contribution in [3.05, 3.63) is 29.0 Å². The van der Waals surface area contributed by atoms with E-state index in [9.17, 15) is 14.0 Å². The fourth-order valence-electron chi connectivity index (χ4n) is 1.46. The van der Waals surface area contributed by atoms with Gasteiger partial charge in [0.05, 0.1) is 5.02 Å². The number of hydrogen-bond acceptors (Lipinski definition) is 4. The van der Waals surface area contributed by atoms with E-state index < -0.39 is 30.3 Å². The predicted molar refractivity (Wildman–Crippen MR) is 79.5 cm³/mol. The average Bonchev–Trinajstić information content (AvgIpc) is 2.42. The van der Waals surface area contributed by atoms with E-state index in [2.05, 4.69) is 5.32 Å². The summed E-state index contributed by atoms with van der Waals surface area (Å²) in [4.78, 5) is 22.6. The normalized spacial score (nSPS) is 11.8. The van der Waals surface area contributed by atoms with Crippen LogP contribution >= 0.6 is 23.4 Å². The number of carboxylic acid groups (broad SMARTS) is 1. The van der Waals surface area contributed by atoms with Gasteiger partial charge in [-0.2, -0.15) is 11.8 Å². The van der Waals surface area contributed by atoms with Crippen LogP contribution in [0.4, 0.5) is 4.39 Å². The molecule has 1 aromatic carbocycles. The second-order valence-electron chi connectivity index (χ2n) is 4.10. The first-order valence-electron chi connectivity index (χ1n) is 6.03. The number of ether oxygens (including phenoxy) is 1. The summed E-state index contributed by atoms with van der Waals surface area (Å²) in [6, 6.07) is 2.55. The van der Waals surface area contributed by atoms with E-state index in [0.717, 1.165) is 12.1 Å². The number of carbonyl (C=O) groups is 2. The van der Waals surface area contributed by atoms with Crippen molar-refractivity contribution >= 4 is 35.2 Å². The highest BCUT2D eigenvalue weighted by Gasteiger charge is 2.19. The molecule has 1 rings (SSSR count). The first-order valence-corrected chi connectivity index (χ1v) is 7.80. The van der Waals surface area contributed by atoms with E-state index in [1.807, 2.05) is 6.26 Å². The van der Waals surface area contributed by atoms with E-state index in [4.69, 9.17) is 21.4 Å². The zero-order valence-corrected chi connectivity index (χ0v) is 12.8. The maximum absolute atomic E-state index is 12.8. The molecular formula is C13H15ClFNO4S. The summed E-state index contributed by atoms with van der Waals surface area (Å²) in [7, 11) is 0. The van der Waals surface area contributed by atoms with Gasteiger partial charge in [0.25, 0.3) is 5.91 Å². The van der Waals surface area contributed by atoms with Crippen molar-refractivity contribution in [3.8, 4) is 5.75 Å². The van der Waals surface area contributed by atoms with Crippen LogP contribution < -0.4 is 10.1 Å². The number of nitrogens with one attached hydrogen (secondary N) is 1. The smallest absolute Gasteiger partial charge is 0.326 e. The molecule has 0 spiro atoms. The number of rotatable bonds is 8. The lowest BCUT2D eigenvalue weighted by molar-refractivity contribution is -0.142. The Morgan fingerprint density at radius 1 is 1.52 bits per heavy atom. The Hall–Kier alpha value is -1.47. The number of carbonyl (C=O) groups excluding carboxylic acids is 1. The minimum absolute atomic E-state index is 0.0416. The van der Waals surface area contributed by atoms with Crippen LogP contribution in [-0.2, 0) is 9.59 Å². The number of carboxylic acids is 1. The summed E-state index contributed by atoms with van der Waals surface area (Å²) in [5.41, 5.74) is 0. The van der Waals surface area contributed by atoms with Crippen LogP contribution in [0.25, 0.3) is 0 Å². The number of aliphatic carboxylic acids is 1. The standard InChI is InChI=1S/C13H15ClFNO4S/c1-21-5-4-10(13(18)19)16-12(17)7-20-11-3-2-8(15)6-9(11)14/h2-3,6,10H,4-5,7H2,1H3,(H,16,17)(H,18,19)/t10-/m0/s1. The van der Waals surface area contributed by atoms with Crippen LogP contribution in [-0.4, -0.2) is 41.6 Å². The highest BCUT2D eigenvalue weighted by molar-refractivity contribution is 7.98. The fourth-order valence-corrected chi connectivity index (χ4v) is 2.16. The topological polar surface area (TPSA) is 75.6 Å². The lowest BCUT2D eigenvalue weighted by atomic mass is 10.2. The summed E-state index contributed by atoms with van der Waals surface area (Å²) >= 11 is 7.23. The molecule has 1 aromatic rings. The highest BCUT2D eigenvalue weighted by atomic mass is 35.5. The van der Waals surface area contributed by atoms with Gasteiger partial charge in [0.2, 0.25) is 0 Å². The van der Waals surface area contributed by atoms with Crippen LogP contribution in [0.1, 0.15) is 6.42 Å². The predicted octanol–water partition coefficient (Wildman–Crippen LogP) is 2.18. The van der Waals surface area contributed by atoms with Crippen molar-refractivity contribution in [1.82, 2.24) is 5.32 Å². The molecule has 1 atom stereocenters.